The minimum absolute atomic E-state index is 0.0336. The quantitative estimate of drug-likeness (QED) is 0.863. The predicted octanol–water partition coefficient (Wildman–Crippen LogP) is 3.67. The van der Waals surface area contributed by atoms with Crippen LogP contribution >= 0.6 is 0 Å². The monoisotopic (exact) mass is 297 g/mol. The number of carbonyl (C=O) groups excluding carboxylic acids is 1. The van der Waals surface area contributed by atoms with E-state index in [4.69, 9.17) is 0 Å². The molecular weight excluding hydrogens is 279 g/mol. The summed E-state index contributed by atoms with van der Waals surface area (Å²) in [5.41, 5.74) is -1.02. The molecule has 3 atom stereocenters. The lowest BCUT2D eigenvalue weighted by Crippen LogP contribution is -2.30. The van der Waals surface area contributed by atoms with Gasteiger partial charge in [0, 0.05) is 18.0 Å². The summed E-state index contributed by atoms with van der Waals surface area (Å²) in [6, 6.07) is 5.11. The summed E-state index contributed by atoms with van der Waals surface area (Å²) in [4.78, 5) is 12.3. The summed E-state index contributed by atoms with van der Waals surface area (Å²) in [5.74, 6) is 0.639. The molecule has 1 saturated carbocycles. The zero-order chi connectivity index (χ0) is 15.0. The van der Waals surface area contributed by atoms with Crippen LogP contribution in [-0.2, 0) is 6.18 Å². The number of alkyl halides is 3. The largest absolute Gasteiger partial charge is 0.417 e. The number of benzene rings is 1. The fourth-order valence-electron chi connectivity index (χ4n) is 3.81. The normalized spacial score (nSPS) is 28.6. The molecule has 0 aromatic heterocycles. The Morgan fingerprint density at radius 1 is 1.24 bits per heavy atom. The van der Waals surface area contributed by atoms with Gasteiger partial charge in [-0.1, -0.05) is 24.6 Å². The molecule has 0 bridgehead atoms. The van der Waals surface area contributed by atoms with Gasteiger partial charge in [-0.3, -0.25) is 4.79 Å². The Hall–Kier alpha value is -1.36. The first-order valence-corrected chi connectivity index (χ1v) is 7.39. The molecule has 1 N–H and O–H groups in total. The van der Waals surface area contributed by atoms with E-state index < -0.39 is 17.5 Å². The lowest BCUT2D eigenvalue weighted by atomic mass is 9.89. The third kappa shape index (κ3) is 2.84. The van der Waals surface area contributed by atoms with Gasteiger partial charge in [0.2, 0.25) is 0 Å². The second-order valence-electron chi connectivity index (χ2n) is 6.04. The van der Waals surface area contributed by atoms with Crippen LogP contribution in [0.15, 0.2) is 24.3 Å². The average molecular weight is 297 g/mol. The van der Waals surface area contributed by atoms with Gasteiger partial charge >= 0.3 is 6.18 Å². The Morgan fingerprint density at radius 2 is 2.00 bits per heavy atom. The predicted molar refractivity (Wildman–Crippen MR) is 73.0 cm³/mol. The second kappa shape index (κ2) is 5.44. The van der Waals surface area contributed by atoms with Crippen molar-refractivity contribution in [3.05, 3.63) is 35.4 Å². The van der Waals surface area contributed by atoms with E-state index in [0.29, 0.717) is 11.8 Å². The molecule has 1 aliphatic heterocycles. The fourth-order valence-corrected chi connectivity index (χ4v) is 3.81. The van der Waals surface area contributed by atoms with Crippen LogP contribution < -0.4 is 5.32 Å². The van der Waals surface area contributed by atoms with E-state index in [0.717, 1.165) is 19.0 Å². The summed E-state index contributed by atoms with van der Waals surface area (Å²) in [6.07, 6.45) is -0.904. The summed E-state index contributed by atoms with van der Waals surface area (Å²) >= 11 is 0. The third-order valence-electron chi connectivity index (χ3n) is 4.82. The van der Waals surface area contributed by atoms with Crippen molar-refractivity contribution in [3.63, 3.8) is 0 Å². The highest BCUT2D eigenvalue weighted by atomic mass is 19.4. The first-order chi connectivity index (χ1) is 9.97. The molecule has 21 heavy (non-hydrogen) atoms. The third-order valence-corrected chi connectivity index (χ3v) is 4.82. The Kier molecular flexibility index (Phi) is 3.78. The van der Waals surface area contributed by atoms with Crippen molar-refractivity contribution >= 4 is 5.78 Å². The topological polar surface area (TPSA) is 29.1 Å². The standard InChI is InChI=1S/C16H18F3NO/c17-16(18,19)13-7-2-1-5-12(13)15(21)8-14-11-6-3-4-10(11)9-20-14/h1-2,5,7,10-11,14,20H,3-4,6,8-9H2. The maximum atomic E-state index is 13.0. The van der Waals surface area contributed by atoms with Crippen LogP contribution in [0.3, 0.4) is 0 Å². The van der Waals surface area contributed by atoms with Gasteiger partial charge < -0.3 is 5.32 Å². The number of nitrogens with one attached hydrogen (secondary N) is 1. The van der Waals surface area contributed by atoms with Gasteiger partial charge in [0.05, 0.1) is 5.56 Å². The van der Waals surface area contributed by atoms with Crippen molar-refractivity contribution in [2.45, 2.75) is 37.9 Å². The van der Waals surface area contributed by atoms with Gasteiger partial charge in [0.25, 0.3) is 0 Å². The number of ketones is 1. The Balaban J connectivity index is 1.77. The minimum Gasteiger partial charge on any atom is -0.313 e. The molecule has 2 aliphatic rings. The number of rotatable bonds is 3. The molecular formula is C16H18F3NO. The van der Waals surface area contributed by atoms with E-state index in [9.17, 15) is 18.0 Å². The first kappa shape index (κ1) is 14.6. The lowest BCUT2D eigenvalue weighted by Gasteiger charge is -2.18. The van der Waals surface area contributed by atoms with Crippen molar-refractivity contribution in [3.8, 4) is 0 Å². The number of halogens is 3. The molecule has 2 fully saturated rings. The van der Waals surface area contributed by atoms with Crippen molar-refractivity contribution in [1.82, 2.24) is 5.32 Å². The Labute approximate surface area is 121 Å². The SMILES string of the molecule is O=C(CC1NCC2CCCC21)c1ccccc1C(F)(F)F. The summed E-state index contributed by atoms with van der Waals surface area (Å²) < 4.78 is 38.9. The number of fused-ring (bicyclic) bond motifs is 1. The summed E-state index contributed by atoms with van der Waals surface area (Å²) in [5, 5.41) is 3.32. The van der Waals surface area contributed by atoms with Crippen LogP contribution in [0, 0.1) is 11.8 Å². The van der Waals surface area contributed by atoms with Crippen LogP contribution in [0.1, 0.15) is 41.6 Å². The maximum Gasteiger partial charge on any atom is 0.417 e. The Bertz CT molecular complexity index is 541. The molecule has 1 heterocycles. The first-order valence-electron chi connectivity index (χ1n) is 7.39. The minimum atomic E-state index is -4.48. The molecule has 1 aromatic rings. The zero-order valence-electron chi connectivity index (χ0n) is 11.6. The van der Waals surface area contributed by atoms with Gasteiger partial charge in [0.15, 0.2) is 5.78 Å². The molecule has 1 aromatic carbocycles. The summed E-state index contributed by atoms with van der Waals surface area (Å²) in [7, 11) is 0. The second-order valence-corrected chi connectivity index (χ2v) is 6.04. The lowest BCUT2D eigenvalue weighted by molar-refractivity contribution is -0.137. The molecule has 1 aliphatic carbocycles. The van der Waals surface area contributed by atoms with Gasteiger partial charge in [0.1, 0.15) is 0 Å². The van der Waals surface area contributed by atoms with Crippen LogP contribution in [0.2, 0.25) is 0 Å². The number of hydrogen-bond donors (Lipinski definition) is 1. The smallest absolute Gasteiger partial charge is 0.313 e. The molecule has 2 nitrogen and oxygen atoms in total. The van der Waals surface area contributed by atoms with E-state index in [2.05, 4.69) is 5.32 Å². The van der Waals surface area contributed by atoms with Gasteiger partial charge in [-0.15, -0.1) is 0 Å². The highest BCUT2D eigenvalue weighted by molar-refractivity contribution is 5.98. The zero-order valence-corrected chi connectivity index (χ0v) is 11.6. The molecule has 0 radical (unpaired) electrons. The molecule has 5 heteroatoms. The van der Waals surface area contributed by atoms with Crippen LogP contribution in [0.4, 0.5) is 13.2 Å². The fraction of sp³-hybridized carbons (Fsp3) is 0.562. The van der Waals surface area contributed by atoms with E-state index in [1.54, 1.807) is 0 Å². The van der Waals surface area contributed by atoms with E-state index >= 15 is 0 Å². The highest BCUT2D eigenvalue weighted by Crippen LogP contribution is 2.39. The van der Waals surface area contributed by atoms with E-state index in [1.165, 1.54) is 31.0 Å². The van der Waals surface area contributed by atoms with Crippen molar-refractivity contribution in [2.24, 2.45) is 11.8 Å². The Morgan fingerprint density at radius 3 is 2.76 bits per heavy atom. The van der Waals surface area contributed by atoms with Crippen LogP contribution in [0.5, 0.6) is 0 Å². The number of carbonyl (C=O) groups is 1. The molecule has 3 rings (SSSR count). The van der Waals surface area contributed by atoms with Gasteiger partial charge in [-0.05, 0) is 37.3 Å². The number of hydrogen-bond acceptors (Lipinski definition) is 2. The highest BCUT2D eigenvalue weighted by Gasteiger charge is 2.41. The molecule has 0 amide bonds. The molecule has 3 unspecified atom stereocenters. The summed E-state index contributed by atoms with van der Waals surface area (Å²) in [6.45, 7) is 0.892. The number of Topliss-reactive ketones (excluding diaryl/α,β-unsaturated/α-hetero) is 1. The molecule has 1 saturated heterocycles. The van der Waals surface area contributed by atoms with Crippen molar-refractivity contribution in [1.29, 1.82) is 0 Å². The van der Waals surface area contributed by atoms with Crippen LogP contribution in [0.25, 0.3) is 0 Å². The average Bonchev–Trinajstić information content (AvgIpc) is 3.03. The van der Waals surface area contributed by atoms with Crippen molar-refractivity contribution < 1.29 is 18.0 Å². The molecule has 0 spiro atoms. The molecule has 114 valence electrons. The van der Waals surface area contributed by atoms with E-state index in [-0.39, 0.29) is 18.0 Å². The van der Waals surface area contributed by atoms with Gasteiger partial charge in [-0.25, -0.2) is 0 Å². The van der Waals surface area contributed by atoms with Crippen molar-refractivity contribution in [2.75, 3.05) is 6.54 Å². The van der Waals surface area contributed by atoms with Crippen LogP contribution in [-0.4, -0.2) is 18.4 Å². The maximum absolute atomic E-state index is 13.0. The van der Waals surface area contributed by atoms with E-state index in [1.807, 2.05) is 0 Å². The van der Waals surface area contributed by atoms with Gasteiger partial charge in [-0.2, -0.15) is 13.2 Å².